The first-order chi connectivity index (χ1) is 7.70. The molecule has 0 aliphatic heterocycles. The van der Waals surface area contributed by atoms with Crippen molar-refractivity contribution >= 4 is 5.78 Å². The van der Waals surface area contributed by atoms with E-state index in [1.165, 1.54) is 0 Å². The van der Waals surface area contributed by atoms with Gasteiger partial charge in [0.15, 0.2) is 5.78 Å². The van der Waals surface area contributed by atoms with Crippen molar-refractivity contribution in [1.29, 1.82) is 10.5 Å². The number of hydrogen-bond donors (Lipinski definition) is 0. The Hall–Kier alpha value is -2.39. The molecule has 1 aliphatic carbocycles. The summed E-state index contributed by atoms with van der Waals surface area (Å²) in [6.45, 7) is 3.70. The number of nitrogens with zero attached hydrogens (tertiary/aromatic N) is 2. The van der Waals surface area contributed by atoms with Gasteiger partial charge in [0.25, 0.3) is 0 Å². The van der Waals surface area contributed by atoms with Gasteiger partial charge in [-0.15, -0.1) is 0 Å². The van der Waals surface area contributed by atoms with Gasteiger partial charge in [0.1, 0.15) is 5.92 Å². The van der Waals surface area contributed by atoms with Crippen molar-refractivity contribution in [2.75, 3.05) is 0 Å². The van der Waals surface area contributed by atoms with E-state index in [2.05, 4.69) is 6.58 Å². The molecule has 16 heavy (non-hydrogen) atoms. The third kappa shape index (κ3) is 1.23. The third-order valence-corrected chi connectivity index (χ3v) is 2.82. The van der Waals surface area contributed by atoms with E-state index in [0.717, 1.165) is 5.56 Å². The summed E-state index contributed by atoms with van der Waals surface area (Å²) in [5.74, 6) is -1.48. The van der Waals surface area contributed by atoms with Gasteiger partial charge in [0.2, 0.25) is 0 Å². The maximum Gasteiger partial charge on any atom is 0.189 e. The number of hydrogen-bond acceptors (Lipinski definition) is 3. The summed E-state index contributed by atoms with van der Waals surface area (Å²) in [7, 11) is 0. The summed E-state index contributed by atoms with van der Waals surface area (Å²) in [6, 6.07) is 10.9. The van der Waals surface area contributed by atoms with Crippen LogP contribution in [0, 0.1) is 28.6 Å². The molecule has 1 aromatic rings. The molecule has 3 nitrogen and oxygen atoms in total. The van der Waals surface area contributed by atoms with Crippen molar-refractivity contribution in [3.05, 3.63) is 47.5 Å². The number of nitriles is 2. The van der Waals surface area contributed by atoms with Gasteiger partial charge in [-0.1, -0.05) is 30.8 Å². The number of fused-ring (bicyclic) bond motifs is 1. The van der Waals surface area contributed by atoms with Crippen molar-refractivity contribution in [1.82, 2.24) is 0 Å². The predicted octanol–water partition coefficient (Wildman–Crippen LogP) is 2.19. The van der Waals surface area contributed by atoms with Gasteiger partial charge in [-0.05, 0) is 5.56 Å². The summed E-state index contributed by atoms with van der Waals surface area (Å²) < 4.78 is 0. The van der Waals surface area contributed by atoms with E-state index in [9.17, 15) is 4.79 Å². The van der Waals surface area contributed by atoms with Crippen LogP contribution < -0.4 is 0 Å². The largest absolute Gasteiger partial charge is 0.289 e. The lowest BCUT2D eigenvalue weighted by Crippen LogP contribution is -2.09. The summed E-state index contributed by atoms with van der Waals surface area (Å²) in [4.78, 5) is 11.8. The van der Waals surface area contributed by atoms with Crippen LogP contribution in [0.15, 0.2) is 36.4 Å². The fourth-order valence-corrected chi connectivity index (χ4v) is 2.04. The Morgan fingerprint density at radius 1 is 1.25 bits per heavy atom. The molecule has 1 aliphatic rings. The molecule has 3 heteroatoms. The highest BCUT2D eigenvalue weighted by Gasteiger charge is 2.38. The second-order valence-corrected chi connectivity index (χ2v) is 3.66. The number of allylic oxidation sites excluding steroid dienone is 1. The first kappa shape index (κ1) is 10.1. The standard InChI is InChI=1S/C13H8N2O/c1-8-12(9(6-14)7-15)10-4-2-3-5-11(10)13(8)16/h2-5,9,12H,1H2. The number of rotatable bonds is 1. The zero-order valence-electron chi connectivity index (χ0n) is 8.47. The molecule has 0 saturated carbocycles. The van der Waals surface area contributed by atoms with Crippen LogP contribution in [0.25, 0.3) is 0 Å². The molecule has 2 rings (SSSR count). The van der Waals surface area contributed by atoms with Crippen LogP contribution in [0.4, 0.5) is 0 Å². The van der Waals surface area contributed by atoms with Crippen molar-refractivity contribution in [2.24, 2.45) is 5.92 Å². The minimum Gasteiger partial charge on any atom is -0.289 e. The SMILES string of the molecule is C=C1C(=O)c2ccccc2C1C(C#N)C#N. The van der Waals surface area contributed by atoms with E-state index in [4.69, 9.17) is 10.5 Å². The maximum atomic E-state index is 11.8. The third-order valence-electron chi connectivity index (χ3n) is 2.82. The molecule has 0 radical (unpaired) electrons. The van der Waals surface area contributed by atoms with Gasteiger partial charge < -0.3 is 0 Å². The molecular formula is C13H8N2O. The van der Waals surface area contributed by atoms with Crippen LogP contribution in [0.5, 0.6) is 0 Å². The molecular weight excluding hydrogens is 200 g/mol. The normalized spacial score (nSPS) is 18.1. The molecule has 0 fully saturated rings. The Kier molecular flexibility index (Phi) is 2.31. The monoisotopic (exact) mass is 208 g/mol. The van der Waals surface area contributed by atoms with Gasteiger partial charge in [0, 0.05) is 17.1 Å². The average Bonchev–Trinajstić information content (AvgIpc) is 2.57. The van der Waals surface area contributed by atoms with Crippen LogP contribution in [0.3, 0.4) is 0 Å². The molecule has 0 saturated heterocycles. The maximum absolute atomic E-state index is 11.8. The highest BCUT2D eigenvalue weighted by Crippen LogP contribution is 2.40. The van der Waals surface area contributed by atoms with Crippen molar-refractivity contribution in [2.45, 2.75) is 5.92 Å². The Bertz CT molecular complexity index is 546. The molecule has 0 spiro atoms. The van der Waals surface area contributed by atoms with Gasteiger partial charge in [0.05, 0.1) is 12.1 Å². The first-order valence-corrected chi connectivity index (χ1v) is 4.82. The smallest absolute Gasteiger partial charge is 0.189 e. The number of carbonyl (C=O) groups excluding carboxylic acids is 1. The van der Waals surface area contributed by atoms with E-state index < -0.39 is 11.8 Å². The van der Waals surface area contributed by atoms with Crippen LogP contribution in [0.1, 0.15) is 21.8 Å². The van der Waals surface area contributed by atoms with E-state index in [0.29, 0.717) is 11.1 Å². The lowest BCUT2D eigenvalue weighted by Gasteiger charge is -2.11. The van der Waals surface area contributed by atoms with E-state index in [1.54, 1.807) is 24.3 Å². The molecule has 1 aromatic carbocycles. The van der Waals surface area contributed by atoms with Gasteiger partial charge in [-0.2, -0.15) is 10.5 Å². The number of ketones is 1. The highest BCUT2D eigenvalue weighted by atomic mass is 16.1. The molecule has 0 heterocycles. The number of Topliss-reactive ketones (excluding diaryl/α,β-unsaturated/α-hetero) is 1. The van der Waals surface area contributed by atoms with Crippen LogP contribution >= 0.6 is 0 Å². The fraction of sp³-hybridized carbons (Fsp3) is 0.154. The number of carbonyl (C=O) groups is 1. The summed E-state index contributed by atoms with van der Waals surface area (Å²) >= 11 is 0. The zero-order chi connectivity index (χ0) is 11.7. The van der Waals surface area contributed by atoms with Gasteiger partial charge in [-0.25, -0.2) is 0 Å². The molecule has 1 atom stereocenters. The lowest BCUT2D eigenvalue weighted by atomic mass is 9.87. The Balaban J connectivity index is 2.59. The molecule has 1 unspecified atom stereocenters. The quantitative estimate of drug-likeness (QED) is 0.664. The van der Waals surface area contributed by atoms with Crippen LogP contribution in [0.2, 0.25) is 0 Å². The minimum absolute atomic E-state index is 0.156. The van der Waals surface area contributed by atoms with Crippen LogP contribution in [-0.4, -0.2) is 5.78 Å². The average molecular weight is 208 g/mol. The number of benzene rings is 1. The topological polar surface area (TPSA) is 64.7 Å². The highest BCUT2D eigenvalue weighted by molar-refractivity contribution is 6.14. The van der Waals surface area contributed by atoms with Crippen LogP contribution in [-0.2, 0) is 0 Å². The van der Waals surface area contributed by atoms with Crippen molar-refractivity contribution in [3.63, 3.8) is 0 Å². The lowest BCUT2D eigenvalue weighted by molar-refractivity contribution is 0.103. The summed E-state index contributed by atoms with van der Waals surface area (Å²) in [5.41, 5.74) is 1.65. The molecule has 0 bridgehead atoms. The van der Waals surface area contributed by atoms with E-state index in [1.807, 2.05) is 12.1 Å². The molecule has 76 valence electrons. The second kappa shape index (κ2) is 3.64. The Morgan fingerprint density at radius 2 is 1.88 bits per heavy atom. The summed E-state index contributed by atoms with van der Waals surface area (Å²) in [6.07, 6.45) is 0. The molecule has 0 amide bonds. The molecule has 0 N–H and O–H groups in total. The van der Waals surface area contributed by atoms with Gasteiger partial charge >= 0.3 is 0 Å². The minimum atomic E-state index is -0.847. The van der Waals surface area contributed by atoms with Gasteiger partial charge in [-0.3, -0.25) is 4.79 Å². The molecule has 0 aromatic heterocycles. The summed E-state index contributed by atoms with van der Waals surface area (Å²) in [5, 5.41) is 17.8. The second-order valence-electron chi connectivity index (χ2n) is 3.66. The van der Waals surface area contributed by atoms with E-state index >= 15 is 0 Å². The first-order valence-electron chi connectivity index (χ1n) is 4.82. The van der Waals surface area contributed by atoms with Crippen molar-refractivity contribution in [3.8, 4) is 12.1 Å². The fourth-order valence-electron chi connectivity index (χ4n) is 2.04. The van der Waals surface area contributed by atoms with Crippen molar-refractivity contribution < 1.29 is 4.79 Å². The van der Waals surface area contributed by atoms with E-state index in [-0.39, 0.29) is 5.78 Å². The predicted molar refractivity (Wildman–Crippen MR) is 57.4 cm³/mol. The Labute approximate surface area is 93.2 Å². The zero-order valence-corrected chi connectivity index (χ0v) is 8.47. The Morgan fingerprint density at radius 3 is 2.50 bits per heavy atom.